The summed E-state index contributed by atoms with van der Waals surface area (Å²) >= 11 is 0. The molecule has 3 aromatic carbocycles. The molecule has 0 heterocycles. The van der Waals surface area contributed by atoms with Crippen molar-refractivity contribution in [2.75, 3.05) is 0 Å². The predicted molar refractivity (Wildman–Crippen MR) is 84.8 cm³/mol. The Morgan fingerprint density at radius 1 is 0.650 bits per heavy atom. The van der Waals surface area contributed by atoms with Gasteiger partial charge in [-0.15, -0.1) is 0 Å². The van der Waals surface area contributed by atoms with E-state index in [0.29, 0.717) is 5.46 Å². The molecular formula is C15H14B2O3. The molecule has 98 valence electrons. The smallest absolute Gasteiger partial charge is 0.446 e. The molecule has 5 heteroatoms. The SMILES string of the molecule is CB(O)c1c2ccccc2c(B(O)O)c2ccccc12. The second-order valence-electron chi connectivity index (χ2n) is 4.97. The Kier molecular flexibility index (Phi) is 3.26. The average molecular weight is 264 g/mol. The normalized spacial score (nSPS) is 11.0. The van der Waals surface area contributed by atoms with Gasteiger partial charge in [0.1, 0.15) is 0 Å². The summed E-state index contributed by atoms with van der Waals surface area (Å²) in [6.45, 7) is 1.10. The van der Waals surface area contributed by atoms with Crippen molar-refractivity contribution < 1.29 is 15.1 Å². The molecule has 0 bridgehead atoms. The number of benzene rings is 3. The van der Waals surface area contributed by atoms with E-state index in [1.165, 1.54) is 0 Å². The minimum atomic E-state index is -1.55. The van der Waals surface area contributed by atoms with Crippen LogP contribution in [0, 0.1) is 0 Å². The molecule has 0 spiro atoms. The van der Waals surface area contributed by atoms with Crippen molar-refractivity contribution in [2.45, 2.75) is 6.82 Å². The predicted octanol–water partition coefficient (Wildman–Crippen LogP) is 0.493. The van der Waals surface area contributed by atoms with Gasteiger partial charge in [0.2, 0.25) is 0 Å². The maximum Gasteiger partial charge on any atom is 0.489 e. The number of fused-ring (bicyclic) bond motifs is 2. The van der Waals surface area contributed by atoms with Crippen LogP contribution in [-0.4, -0.2) is 29.1 Å². The lowest BCUT2D eigenvalue weighted by molar-refractivity contribution is 0.426. The maximum absolute atomic E-state index is 10.1. The van der Waals surface area contributed by atoms with Gasteiger partial charge in [0.15, 0.2) is 0 Å². The monoisotopic (exact) mass is 264 g/mol. The fourth-order valence-electron chi connectivity index (χ4n) is 2.92. The molecule has 0 fully saturated rings. The molecule has 0 unspecified atom stereocenters. The Labute approximate surface area is 117 Å². The van der Waals surface area contributed by atoms with Crippen LogP contribution in [0.1, 0.15) is 0 Å². The minimum absolute atomic E-state index is 0.487. The van der Waals surface area contributed by atoms with Crippen LogP contribution < -0.4 is 10.9 Å². The molecule has 3 nitrogen and oxygen atoms in total. The van der Waals surface area contributed by atoms with E-state index >= 15 is 0 Å². The third kappa shape index (κ3) is 1.91. The topological polar surface area (TPSA) is 60.7 Å². The first-order chi connectivity index (χ1) is 9.61. The number of hydrogen-bond acceptors (Lipinski definition) is 3. The van der Waals surface area contributed by atoms with Gasteiger partial charge in [0.25, 0.3) is 0 Å². The number of rotatable bonds is 2. The summed E-state index contributed by atoms with van der Waals surface area (Å²) in [7, 11) is -1.55. The van der Waals surface area contributed by atoms with Gasteiger partial charge < -0.3 is 15.1 Å². The van der Waals surface area contributed by atoms with Crippen molar-refractivity contribution in [1.82, 2.24) is 0 Å². The largest absolute Gasteiger partial charge is 0.489 e. The second-order valence-corrected chi connectivity index (χ2v) is 4.97. The van der Waals surface area contributed by atoms with E-state index in [9.17, 15) is 15.1 Å². The Bertz CT molecular complexity index is 662. The number of hydrogen-bond donors (Lipinski definition) is 3. The molecule has 0 aliphatic rings. The molecule has 3 rings (SSSR count). The fourth-order valence-corrected chi connectivity index (χ4v) is 2.92. The molecule has 0 aliphatic heterocycles. The second kappa shape index (κ2) is 4.94. The summed E-state index contributed by atoms with van der Waals surface area (Å²) in [6, 6.07) is 15.0. The molecule has 0 saturated carbocycles. The summed E-state index contributed by atoms with van der Waals surface area (Å²) in [5.74, 6) is 0. The van der Waals surface area contributed by atoms with Crippen molar-refractivity contribution in [1.29, 1.82) is 0 Å². The lowest BCUT2D eigenvalue weighted by atomic mass is 9.59. The van der Waals surface area contributed by atoms with Crippen molar-refractivity contribution in [2.24, 2.45) is 0 Å². The average Bonchev–Trinajstić information content (AvgIpc) is 2.43. The molecule has 0 aliphatic carbocycles. The van der Waals surface area contributed by atoms with Crippen molar-refractivity contribution >= 4 is 46.5 Å². The van der Waals surface area contributed by atoms with Crippen molar-refractivity contribution in [3.05, 3.63) is 48.5 Å². The van der Waals surface area contributed by atoms with Gasteiger partial charge in [-0.25, -0.2) is 0 Å². The molecule has 0 saturated heterocycles. The van der Waals surface area contributed by atoms with Gasteiger partial charge in [-0.3, -0.25) is 0 Å². The Hall–Kier alpha value is -1.81. The van der Waals surface area contributed by atoms with Crippen LogP contribution in [0.25, 0.3) is 21.5 Å². The van der Waals surface area contributed by atoms with Crippen molar-refractivity contribution in [3.63, 3.8) is 0 Å². The zero-order valence-electron chi connectivity index (χ0n) is 11.1. The third-order valence-corrected chi connectivity index (χ3v) is 3.69. The van der Waals surface area contributed by atoms with E-state index in [4.69, 9.17) is 0 Å². The highest BCUT2D eigenvalue weighted by Gasteiger charge is 2.23. The van der Waals surface area contributed by atoms with Gasteiger partial charge in [-0.2, -0.15) is 0 Å². The van der Waals surface area contributed by atoms with Crippen LogP contribution in [0.15, 0.2) is 48.5 Å². The van der Waals surface area contributed by atoms with Gasteiger partial charge in [-0.05, 0) is 32.5 Å². The van der Waals surface area contributed by atoms with Crippen LogP contribution in [0.3, 0.4) is 0 Å². The van der Waals surface area contributed by atoms with E-state index in [-0.39, 0.29) is 0 Å². The van der Waals surface area contributed by atoms with E-state index in [2.05, 4.69) is 0 Å². The van der Waals surface area contributed by atoms with Crippen LogP contribution in [0.4, 0.5) is 0 Å². The van der Waals surface area contributed by atoms with Crippen LogP contribution in [-0.2, 0) is 0 Å². The molecule has 0 aromatic heterocycles. The zero-order valence-corrected chi connectivity index (χ0v) is 11.1. The zero-order chi connectivity index (χ0) is 14.3. The molecule has 0 atom stereocenters. The van der Waals surface area contributed by atoms with E-state index in [0.717, 1.165) is 27.0 Å². The summed E-state index contributed by atoms with van der Waals surface area (Å²) in [5, 5.41) is 32.8. The van der Waals surface area contributed by atoms with Crippen LogP contribution in [0.2, 0.25) is 6.82 Å². The molecule has 3 N–H and O–H groups in total. The fraction of sp³-hybridized carbons (Fsp3) is 0.0667. The van der Waals surface area contributed by atoms with Gasteiger partial charge in [-0.1, -0.05) is 55.4 Å². The first-order valence-electron chi connectivity index (χ1n) is 6.58. The molecule has 0 radical (unpaired) electrons. The molecule has 3 aromatic rings. The van der Waals surface area contributed by atoms with Gasteiger partial charge in [0.05, 0.1) is 0 Å². The quantitative estimate of drug-likeness (QED) is 0.466. The van der Waals surface area contributed by atoms with Crippen LogP contribution >= 0.6 is 0 Å². The van der Waals surface area contributed by atoms with E-state index < -0.39 is 14.0 Å². The standard InChI is InChI=1S/C15H14B2O3/c1-16(18)14-10-6-2-4-8-12(10)15(17(19)20)13-9-5-3-7-11(13)14/h2-9,18-20H,1H3. The Morgan fingerprint density at radius 3 is 1.30 bits per heavy atom. The lowest BCUT2D eigenvalue weighted by Gasteiger charge is -2.16. The van der Waals surface area contributed by atoms with Crippen molar-refractivity contribution in [3.8, 4) is 0 Å². The first kappa shape index (κ1) is 13.2. The Morgan fingerprint density at radius 2 is 1.00 bits per heavy atom. The summed E-state index contributed by atoms with van der Waals surface area (Å²) < 4.78 is 0. The summed E-state index contributed by atoms with van der Waals surface area (Å²) in [6.07, 6.45) is 0. The first-order valence-corrected chi connectivity index (χ1v) is 6.58. The highest BCUT2D eigenvalue weighted by molar-refractivity contribution is 6.74. The Balaban J connectivity index is 2.62. The highest BCUT2D eigenvalue weighted by atomic mass is 16.4. The lowest BCUT2D eigenvalue weighted by Crippen LogP contribution is -2.36. The molecule has 0 amide bonds. The van der Waals surface area contributed by atoms with Gasteiger partial charge >= 0.3 is 14.0 Å². The third-order valence-electron chi connectivity index (χ3n) is 3.69. The maximum atomic E-state index is 10.1. The van der Waals surface area contributed by atoms with E-state index in [1.54, 1.807) is 6.82 Å². The summed E-state index contributed by atoms with van der Waals surface area (Å²) in [5.41, 5.74) is 1.31. The van der Waals surface area contributed by atoms with Crippen LogP contribution in [0.5, 0.6) is 0 Å². The molecular weight excluding hydrogens is 250 g/mol. The van der Waals surface area contributed by atoms with E-state index in [1.807, 2.05) is 48.5 Å². The van der Waals surface area contributed by atoms with Gasteiger partial charge in [0, 0.05) is 0 Å². The minimum Gasteiger partial charge on any atom is -0.446 e. The summed E-state index contributed by atoms with van der Waals surface area (Å²) in [4.78, 5) is 0. The highest BCUT2D eigenvalue weighted by Crippen LogP contribution is 2.20. The molecule has 20 heavy (non-hydrogen) atoms.